The highest BCUT2D eigenvalue weighted by Gasteiger charge is 2.62. The number of rotatable bonds is 9. The van der Waals surface area contributed by atoms with E-state index in [4.69, 9.17) is 14.2 Å². The summed E-state index contributed by atoms with van der Waals surface area (Å²) in [4.78, 5) is 45.1. The van der Waals surface area contributed by atoms with E-state index in [1.807, 2.05) is 31.3 Å². The van der Waals surface area contributed by atoms with Gasteiger partial charge in [-0.2, -0.15) is 0 Å². The number of ketones is 1. The molecule has 6 aliphatic carbocycles. The van der Waals surface area contributed by atoms with Crippen LogP contribution in [0.2, 0.25) is 0 Å². The van der Waals surface area contributed by atoms with Crippen molar-refractivity contribution in [1.29, 1.82) is 0 Å². The number of aliphatic hydroxyl groups excluding tert-OH is 3. The molecule has 3 aliphatic heterocycles. The van der Waals surface area contributed by atoms with Crippen molar-refractivity contribution >= 4 is 23.4 Å². The van der Waals surface area contributed by atoms with E-state index >= 15 is 4.79 Å². The fourth-order valence-electron chi connectivity index (χ4n) is 17.3. The number of carbonyl (C=O) groups is 3. The molecule has 0 aromatic heterocycles. The second-order valence-electron chi connectivity index (χ2n) is 26.7. The van der Waals surface area contributed by atoms with Gasteiger partial charge < -0.3 is 55.5 Å². The molecule has 14 unspecified atom stereocenters. The van der Waals surface area contributed by atoms with Gasteiger partial charge in [-0.3, -0.25) is 9.59 Å². The number of benzene rings is 3. The highest BCUT2D eigenvalue weighted by atomic mass is 16.6. The fourth-order valence-corrected chi connectivity index (χ4v) is 17.3. The number of hydrogen-bond acceptors (Lipinski definition) is 14. The number of phenols is 1. The maximum absolute atomic E-state index is 16.3. The van der Waals surface area contributed by atoms with Crippen molar-refractivity contribution in [3.63, 3.8) is 0 Å². The first-order valence-electron chi connectivity index (χ1n) is 31.4. The standard InChI is InChI=1S/C69H86N2O12/c1-67(79,59(74)37-81-3)38-71-56-33-44(31-52-48(56)21-23-55(70-2)64(52)77)41-19-20-42-36-61(75)83-65-49(42)32-45(63(76)62(65)40-14-6-4-7-15-40)35-60-69(80)53-18-9-8-16-43(53)30-50-51(57(72)24-22-54(50)69)28-39-13-12-17-47(27-39)68(25-10-5-11-26-68)58(73)34-46(29-41)66(78)82-60/h8,12-13,16-17,27,31-34,40-43,50-51,53-55,58-60,64,70-71,73-74,76-77,79-80H,4-7,9-11,14-15,18,21-26,28-30,35-38H2,1-3H3. The average Bonchev–Trinajstić information content (AvgIpc) is 3.73. The predicted molar refractivity (Wildman–Crippen MR) is 314 cm³/mol. The summed E-state index contributed by atoms with van der Waals surface area (Å²) in [5, 5.41) is 82.4. The van der Waals surface area contributed by atoms with Gasteiger partial charge in [-0.1, -0.05) is 92.8 Å². The molecule has 4 saturated carbocycles. The Balaban J connectivity index is 1.11. The molecule has 3 heterocycles. The monoisotopic (exact) mass is 1130 g/mol. The number of ether oxygens (including phenoxy) is 3. The number of Topliss-reactive ketones (excluding diaryl/α,β-unsaturated/α-hetero) is 1. The molecule has 0 amide bonds. The summed E-state index contributed by atoms with van der Waals surface area (Å²) < 4.78 is 18.7. The molecule has 0 radical (unpaired) electrons. The van der Waals surface area contributed by atoms with Crippen LogP contribution in [0, 0.1) is 41.4 Å². The Labute approximate surface area is 488 Å². The number of aromatic hydroxyl groups is 1. The first kappa shape index (κ1) is 58.0. The fraction of sp³-hybridized carbons (Fsp3) is 0.609. The van der Waals surface area contributed by atoms with Crippen molar-refractivity contribution in [2.24, 2.45) is 29.6 Å². The summed E-state index contributed by atoms with van der Waals surface area (Å²) in [6.07, 6.45) is 14.0. The lowest BCUT2D eigenvalue weighted by Gasteiger charge is -2.58. The maximum atomic E-state index is 16.3. The third-order valence-corrected chi connectivity index (χ3v) is 21.9. The molecule has 1 spiro atoms. The van der Waals surface area contributed by atoms with Crippen molar-refractivity contribution in [3.05, 3.63) is 111 Å². The third kappa shape index (κ3) is 10.7. The first-order chi connectivity index (χ1) is 40.0. The number of carbonyl (C=O) groups excluding carboxylic acids is 3. The van der Waals surface area contributed by atoms with E-state index < -0.39 is 76.6 Å². The molecular formula is C69H86N2O12. The number of aliphatic hydroxyl groups is 5. The minimum Gasteiger partial charge on any atom is -0.507 e. The molecule has 83 heavy (non-hydrogen) atoms. The molecular weight excluding hydrogens is 1050 g/mol. The molecule has 4 fully saturated rings. The van der Waals surface area contributed by atoms with Crippen molar-refractivity contribution in [1.82, 2.24) is 5.32 Å². The van der Waals surface area contributed by atoms with Gasteiger partial charge in [0.05, 0.1) is 31.2 Å². The number of esters is 2. The molecule has 3 aromatic carbocycles. The molecule has 9 aliphatic rings. The van der Waals surface area contributed by atoms with E-state index in [0.29, 0.717) is 97.0 Å². The zero-order valence-corrected chi connectivity index (χ0v) is 48.7. The molecule has 14 nitrogen and oxygen atoms in total. The van der Waals surface area contributed by atoms with Crippen LogP contribution in [-0.4, -0.2) is 111 Å². The minimum absolute atomic E-state index is 0.0320. The maximum Gasteiger partial charge on any atom is 0.334 e. The number of methoxy groups -OCH3 is 1. The molecule has 8 N–H and O–H groups in total. The molecule has 3 aromatic rings. The number of nitrogens with one attached hydrogen (secondary N) is 2. The lowest BCUT2D eigenvalue weighted by Crippen LogP contribution is -2.65. The summed E-state index contributed by atoms with van der Waals surface area (Å²) >= 11 is 0. The molecule has 444 valence electrons. The number of hydrogen-bond donors (Lipinski definition) is 8. The lowest BCUT2D eigenvalue weighted by molar-refractivity contribution is -0.221. The quantitative estimate of drug-likeness (QED) is 0.0434. The van der Waals surface area contributed by atoms with E-state index in [2.05, 4.69) is 52.8 Å². The third-order valence-electron chi connectivity index (χ3n) is 21.9. The largest absolute Gasteiger partial charge is 0.507 e. The highest BCUT2D eigenvalue weighted by molar-refractivity contribution is 5.89. The zero-order valence-electron chi connectivity index (χ0n) is 48.7. The van der Waals surface area contributed by atoms with Crippen LogP contribution in [-0.2, 0) is 48.5 Å². The van der Waals surface area contributed by atoms with E-state index in [9.17, 15) is 40.2 Å². The van der Waals surface area contributed by atoms with E-state index in [1.54, 1.807) is 6.08 Å². The number of anilines is 1. The van der Waals surface area contributed by atoms with Gasteiger partial charge in [0.2, 0.25) is 0 Å². The van der Waals surface area contributed by atoms with Crippen LogP contribution in [0.4, 0.5) is 5.69 Å². The van der Waals surface area contributed by atoms with Crippen LogP contribution < -0.4 is 15.4 Å². The molecule has 12 rings (SSSR count). The van der Waals surface area contributed by atoms with Gasteiger partial charge in [-0.15, -0.1) is 0 Å². The van der Waals surface area contributed by atoms with Crippen LogP contribution in [0.5, 0.6) is 11.5 Å². The van der Waals surface area contributed by atoms with Gasteiger partial charge >= 0.3 is 11.9 Å². The average molecular weight is 1140 g/mol. The van der Waals surface area contributed by atoms with Crippen molar-refractivity contribution in [2.75, 3.05) is 32.6 Å². The van der Waals surface area contributed by atoms with Crippen molar-refractivity contribution in [2.45, 2.75) is 207 Å². The Morgan fingerprint density at radius 3 is 2.45 bits per heavy atom. The highest BCUT2D eigenvalue weighted by Crippen LogP contribution is 2.59. The van der Waals surface area contributed by atoms with Crippen LogP contribution in [0.15, 0.2) is 66.3 Å². The van der Waals surface area contributed by atoms with Gasteiger partial charge in [-0.05, 0) is 172 Å². The summed E-state index contributed by atoms with van der Waals surface area (Å²) in [7, 11) is 3.27. The number of phenolic OH excluding ortho intramolecular Hbond substituents is 1. The lowest BCUT2D eigenvalue weighted by atomic mass is 9.49. The van der Waals surface area contributed by atoms with Crippen LogP contribution in [0.1, 0.15) is 191 Å². The van der Waals surface area contributed by atoms with Gasteiger partial charge in [-0.25, -0.2) is 4.79 Å². The molecule has 0 saturated heterocycles. The Hall–Kier alpha value is -5.37. The molecule has 10 bridgehead atoms. The summed E-state index contributed by atoms with van der Waals surface area (Å²) in [6.45, 7) is 1.35. The smallest absolute Gasteiger partial charge is 0.334 e. The Bertz CT molecular complexity index is 3100. The van der Waals surface area contributed by atoms with Crippen molar-refractivity contribution < 1.29 is 59.2 Å². The van der Waals surface area contributed by atoms with E-state index in [0.717, 1.165) is 68.1 Å². The second kappa shape index (κ2) is 23.5. The number of likely N-dealkylation sites (N-methyl/N-ethyl adjacent to an activating group) is 1. The van der Waals surface area contributed by atoms with E-state index in [-0.39, 0.29) is 85.7 Å². The number of allylic oxidation sites excluding steroid dienone is 2. The predicted octanol–water partition coefficient (Wildman–Crippen LogP) is 8.89. The van der Waals surface area contributed by atoms with Crippen LogP contribution >= 0.6 is 0 Å². The Morgan fingerprint density at radius 1 is 0.880 bits per heavy atom. The Morgan fingerprint density at radius 2 is 1.66 bits per heavy atom. The first-order valence-corrected chi connectivity index (χ1v) is 31.4. The van der Waals surface area contributed by atoms with Crippen LogP contribution in [0.25, 0.3) is 0 Å². The van der Waals surface area contributed by atoms with Crippen molar-refractivity contribution in [3.8, 4) is 23.3 Å². The van der Waals surface area contributed by atoms with Gasteiger partial charge in [0.15, 0.2) is 0 Å². The SMILES string of the molecule is CNC1CCc2c(NCC(C)(O)C(O)COC)cc(C3C#CC4CC(=O)Oc5c4cc(c(O)c5C4CCCCC4)CC4OC(=O)C(=CC(O)C5(CCCCC5)c5cccc(c5)CC5C(=O)CCC6C5CC5C=CCCC5C46O)C3)cc2C1O. The summed E-state index contributed by atoms with van der Waals surface area (Å²) in [6, 6.07) is 13.8. The minimum atomic E-state index is -1.68. The van der Waals surface area contributed by atoms with Gasteiger partial charge in [0.25, 0.3) is 0 Å². The molecule has 14 heteroatoms. The van der Waals surface area contributed by atoms with E-state index in [1.165, 1.54) is 14.0 Å². The Kier molecular flexibility index (Phi) is 16.4. The normalized spacial score (nSPS) is 33.3. The van der Waals surface area contributed by atoms with Gasteiger partial charge in [0.1, 0.15) is 40.7 Å². The molecule has 14 atom stereocenters. The summed E-state index contributed by atoms with van der Waals surface area (Å²) in [5.41, 5.74) is 2.34. The topological polar surface area (TPSA) is 224 Å². The van der Waals surface area contributed by atoms with Crippen LogP contribution in [0.3, 0.4) is 0 Å². The number of fused-ring (bicyclic) bond motifs is 11. The summed E-state index contributed by atoms with van der Waals surface area (Å²) in [5.74, 6) is 3.14. The van der Waals surface area contributed by atoms with Gasteiger partial charge in [0, 0.05) is 72.2 Å². The second-order valence-corrected chi connectivity index (χ2v) is 26.7. The zero-order chi connectivity index (χ0) is 58.0.